The summed E-state index contributed by atoms with van der Waals surface area (Å²) in [5.74, 6) is -0.266. The number of methoxy groups -OCH3 is 3. The smallest absolute Gasteiger partial charge is 0.265 e. The Morgan fingerprint density at radius 1 is 0.900 bits per heavy atom. The molecule has 11 nitrogen and oxygen atoms in total. The monoisotopic (exact) mass is 588 g/mol. The maximum atomic E-state index is 13.9. The van der Waals surface area contributed by atoms with Crippen molar-refractivity contribution in [2.45, 2.75) is 18.7 Å². The molecule has 0 bridgehead atoms. The maximum absolute atomic E-state index is 13.9. The first kappa shape index (κ1) is 30.3. The Kier molecular flexibility index (Phi) is 9.97. The van der Waals surface area contributed by atoms with Crippen LogP contribution in [0.2, 0.25) is 5.02 Å². The van der Waals surface area contributed by atoms with E-state index >= 15 is 0 Å². The molecular formula is C27H29ClN4O7S. The van der Waals surface area contributed by atoms with Crippen LogP contribution in [0.25, 0.3) is 0 Å². The van der Waals surface area contributed by atoms with Crippen LogP contribution in [0, 0.1) is 0 Å². The number of rotatable bonds is 11. The first-order valence-electron chi connectivity index (χ1n) is 11.8. The molecule has 0 radical (unpaired) electrons. The van der Waals surface area contributed by atoms with E-state index in [0.717, 1.165) is 4.31 Å². The van der Waals surface area contributed by atoms with Crippen LogP contribution in [0.5, 0.6) is 17.2 Å². The second kappa shape index (κ2) is 13.2. The summed E-state index contributed by atoms with van der Waals surface area (Å²) in [7, 11) is -0.173. The fourth-order valence-electron chi connectivity index (χ4n) is 3.66. The number of hydrogen-bond acceptors (Lipinski definition) is 8. The van der Waals surface area contributed by atoms with Gasteiger partial charge < -0.3 is 19.5 Å². The number of anilines is 2. The minimum absolute atomic E-state index is 0.0450. The normalized spacial score (nSPS) is 11.4. The van der Waals surface area contributed by atoms with Gasteiger partial charge in [0.25, 0.3) is 15.9 Å². The minimum Gasteiger partial charge on any atom is -0.495 e. The second-order valence-corrected chi connectivity index (χ2v) is 10.6. The van der Waals surface area contributed by atoms with Gasteiger partial charge in [0.05, 0.1) is 37.6 Å². The van der Waals surface area contributed by atoms with Gasteiger partial charge in [0.15, 0.2) is 11.5 Å². The number of halogens is 1. The lowest BCUT2D eigenvalue weighted by atomic mass is 10.1. The molecule has 3 rings (SSSR count). The van der Waals surface area contributed by atoms with Crippen molar-refractivity contribution in [3.63, 3.8) is 0 Å². The highest BCUT2D eigenvalue weighted by atomic mass is 35.5. The zero-order valence-corrected chi connectivity index (χ0v) is 24.1. The molecule has 0 fully saturated rings. The molecule has 0 saturated carbocycles. The van der Waals surface area contributed by atoms with Crippen LogP contribution in [0.4, 0.5) is 11.4 Å². The van der Waals surface area contributed by atoms with E-state index in [9.17, 15) is 18.0 Å². The summed E-state index contributed by atoms with van der Waals surface area (Å²) < 4.78 is 44.5. The molecule has 0 aliphatic rings. The highest BCUT2D eigenvalue weighted by molar-refractivity contribution is 7.92. The predicted molar refractivity (Wildman–Crippen MR) is 153 cm³/mol. The quantitative estimate of drug-likeness (QED) is 0.255. The third-order valence-corrected chi connectivity index (χ3v) is 7.58. The molecule has 2 N–H and O–H groups in total. The zero-order chi connectivity index (χ0) is 29.4. The molecule has 3 aromatic carbocycles. The number of sulfonamides is 1. The number of nitrogens with one attached hydrogen (secondary N) is 2. The van der Waals surface area contributed by atoms with Gasteiger partial charge in [0.1, 0.15) is 12.3 Å². The molecule has 0 aliphatic heterocycles. The van der Waals surface area contributed by atoms with E-state index in [2.05, 4.69) is 15.8 Å². The van der Waals surface area contributed by atoms with Crippen LogP contribution in [-0.4, -0.2) is 53.8 Å². The third-order valence-electron chi connectivity index (χ3n) is 5.59. The summed E-state index contributed by atoms with van der Waals surface area (Å²) in [5, 5.41) is 7.03. The fourth-order valence-corrected chi connectivity index (χ4v) is 5.27. The van der Waals surface area contributed by atoms with Crippen molar-refractivity contribution in [2.24, 2.45) is 5.10 Å². The fraction of sp³-hybridized carbons (Fsp3) is 0.222. The molecule has 0 saturated heterocycles. The van der Waals surface area contributed by atoms with Gasteiger partial charge in [-0.3, -0.25) is 13.9 Å². The van der Waals surface area contributed by atoms with Crippen LogP contribution in [0.1, 0.15) is 19.4 Å². The molecule has 3 aromatic rings. The number of hydrazone groups is 1. The summed E-state index contributed by atoms with van der Waals surface area (Å²) in [6, 6.07) is 15.4. The first-order chi connectivity index (χ1) is 19.0. The zero-order valence-electron chi connectivity index (χ0n) is 22.5. The van der Waals surface area contributed by atoms with Crippen LogP contribution >= 0.6 is 11.6 Å². The standard InChI is InChI=1S/C27H29ClN4O7S/c1-17(19-7-6-8-21(13-19)29-18(2)33)30-31-27(34)16-32(23-14-20(28)9-11-24(23)37-3)40(35,36)22-10-12-25(38-4)26(15-22)39-5/h6-15H,16H2,1-5H3,(H,29,33)(H,31,34)/b30-17-. The average molecular weight is 589 g/mol. The molecule has 0 spiro atoms. The molecule has 13 heteroatoms. The Morgan fingerprint density at radius 2 is 1.57 bits per heavy atom. The van der Waals surface area contributed by atoms with E-state index in [4.69, 9.17) is 25.8 Å². The number of benzene rings is 3. The molecule has 0 atom stereocenters. The molecule has 40 heavy (non-hydrogen) atoms. The Balaban J connectivity index is 1.97. The molecule has 0 aromatic heterocycles. The Bertz CT molecular complexity index is 1540. The van der Waals surface area contributed by atoms with Crippen LogP contribution < -0.4 is 29.3 Å². The summed E-state index contributed by atoms with van der Waals surface area (Å²) >= 11 is 6.19. The van der Waals surface area contributed by atoms with E-state index in [1.165, 1.54) is 64.7 Å². The molecule has 2 amide bonds. The largest absolute Gasteiger partial charge is 0.495 e. The Morgan fingerprint density at radius 3 is 2.23 bits per heavy atom. The second-order valence-electron chi connectivity index (χ2n) is 8.34. The Labute approximate surface area is 237 Å². The van der Waals surface area contributed by atoms with Crippen LogP contribution in [0.3, 0.4) is 0 Å². The van der Waals surface area contributed by atoms with Gasteiger partial charge in [0, 0.05) is 23.7 Å². The summed E-state index contributed by atoms with van der Waals surface area (Å²) in [6.07, 6.45) is 0. The number of nitrogens with zero attached hydrogens (tertiary/aromatic N) is 2. The maximum Gasteiger partial charge on any atom is 0.265 e. The summed E-state index contributed by atoms with van der Waals surface area (Å²) in [6.45, 7) is 2.39. The van der Waals surface area contributed by atoms with Gasteiger partial charge in [0.2, 0.25) is 5.91 Å². The van der Waals surface area contributed by atoms with Gasteiger partial charge in [-0.25, -0.2) is 13.8 Å². The number of ether oxygens (including phenoxy) is 3. The SMILES string of the molecule is COc1ccc(S(=O)(=O)N(CC(=O)N/N=C(/C)c2cccc(NC(C)=O)c2)c2cc(Cl)ccc2OC)cc1OC. The number of carbonyl (C=O) groups is 2. The minimum atomic E-state index is -4.35. The average Bonchev–Trinajstić information content (AvgIpc) is 2.93. The van der Waals surface area contributed by atoms with Crippen molar-refractivity contribution in [1.82, 2.24) is 5.43 Å². The highest BCUT2D eigenvalue weighted by Gasteiger charge is 2.30. The molecule has 0 unspecified atom stereocenters. The number of hydrogen-bond donors (Lipinski definition) is 2. The number of amides is 2. The van der Waals surface area contributed by atoms with E-state index in [1.54, 1.807) is 31.2 Å². The van der Waals surface area contributed by atoms with Crippen molar-refractivity contribution in [3.8, 4) is 17.2 Å². The lowest BCUT2D eigenvalue weighted by molar-refractivity contribution is -0.119. The van der Waals surface area contributed by atoms with Crippen molar-refractivity contribution in [2.75, 3.05) is 37.5 Å². The van der Waals surface area contributed by atoms with E-state index in [0.29, 0.717) is 22.7 Å². The molecule has 212 valence electrons. The lowest BCUT2D eigenvalue weighted by Gasteiger charge is -2.26. The third kappa shape index (κ3) is 7.21. The van der Waals surface area contributed by atoms with E-state index in [1.807, 2.05) is 0 Å². The van der Waals surface area contributed by atoms with Crippen LogP contribution in [-0.2, 0) is 19.6 Å². The first-order valence-corrected chi connectivity index (χ1v) is 13.6. The molecule has 0 aliphatic carbocycles. The van der Waals surface area contributed by atoms with Gasteiger partial charge >= 0.3 is 0 Å². The molecular weight excluding hydrogens is 560 g/mol. The van der Waals surface area contributed by atoms with Gasteiger partial charge in [-0.1, -0.05) is 23.7 Å². The van der Waals surface area contributed by atoms with Crippen molar-refractivity contribution in [3.05, 3.63) is 71.2 Å². The molecule has 0 heterocycles. The highest BCUT2D eigenvalue weighted by Crippen LogP contribution is 2.37. The van der Waals surface area contributed by atoms with Crippen molar-refractivity contribution >= 4 is 50.5 Å². The van der Waals surface area contributed by atoms with E-state index in [-0.39, 0.29) is 33.0 Å². The van der Waals surface area contributed by atoms with Gasteiger partial charge in [-0.05, 0) is 55.0 Å². The summed E-state index contributed by atoms with van der Waals surface area (Å²) in [4.78, 5) is 24.3. The van der Waals surface area contributed by atoms with E-state index < -0.39 is 22.5 Å². The van der Waals surface area contributed by atoms with Crippen molar-refractivity contribution in [1.29, 1.82) is 0 Å². The van der Waals surface area contributed by atoms with Crippen LogP contribution in [0.15, 0.2) is 70.7 Å². The topological polar surface area (TPSA) is 136 Å². The summed E-state index contributed by atoms with van der Waals surface area (Å²) in [5.41, 5.74) is 4.06. The van der Waals surface area contributed by atoms with Crippen molar-refractivity contribution < 1.29 is 32.2 Å². The van der Waals surface area contributed by atoms with Gasteiger partial charge in [-0.2, -0.15) is 5.10 Å². The predicted octanol–water partition coefficient (Wildman–Crippen LogP) is 4.06. The van der Waals surface area contributed by atoms with Gasteiger partial charge in [-0.15, -0.1) is 0 Å². The lowest BCUT2D eigenvalue weighted by Crippen LogP contribution is -2.40. The Hall–Kier alpha value is -4.29. The number of carbonyl (C=O) groups excluding carboxylic acids is 2.